The fourth-order valence-electron chi connectivity index (χ4n) is 3.88. The molecule has 2 aliphatic rings. The Kier molecular flexibility index (Phi) is 4.30. The molecule has 0 saturated heterocycles. The zero-order chi connectivity index (χ0) is 14.2. The van der Waals surface area contributed by atoms with Crippen molar-refractivity contribution in [3.8, 4) is 0 Å². The maximum absolute atomic E-state index is 6.18. The second-order valence-corrected chi connectivity index (χ2v) is 7.21. The van der Waals surface area contributed by atoms with E-state index in [1.807, 2.05) is 12.1 Å². The Bertz CT molecular complexity index is 487. The number of benzene rings is 1. The summed E-state index contributed by atoms with van der Waals surface area (Å²) >= 11 is 9.61. The van der Waals surface area contributed by atoms with Crippen LogP contribution in [0.4, 0.5) is 5.69 Å². The third kappa shape index (κ3) is 2.49. The molecule has 0 aliphatic heterocycles. The highest BCUT2D eigenvalue weighted by atomic mass is 79.9. The molecule has 0 heterocycles. The molecule has 4 heteroatoms. The average Bonchev–Trinajstić information content (AvgIpc) is 2.94. The van der Waals surface area contributed by atoms with E-state index in [-0.39, 0.29) is 0 Å². The minimum atomic E-state index is 0.357. The van der Waals surface area contributed by atoms with Crippen molar-refractivity contribution in [3.05, 3.63) is 27.7 Å². The second kappa shape index (κ2) is 5.86. The molecule has 0 radical (unpaired) electrons. The van der Waals surface area contributed by atoms with Crippen molar-refractivity contribution >= 4 is 33.2 Å². The minimum absolute atomic E-state index is 0.357. The molecule has 0 bridgehead atoms. The van der Waals surface area contributed by atoms with Gasteiger partial charge in [-0.3, -0.25) is 0 Å². The van der Waals surface area contributed by atoms with Gasteiger partial charge in [-0.25, -0.2) is 0 Å². The molecule has 2 nitrogen and oxygen atoms in total. The Morgan fingerprint density at radius 2 is 2.15 bits per heavy atom. The van der Waals surface area contributed by atoms with E-state index in [0.717, 1.165) is 28.2 Å². The first-order valence-electron chi connectivity index (χ1n) is 7.49. The molecule has 3 rings (SSSR count). The van der Waals surface area contributed by atoms with Gasteiger partial charge in [-0.2, -0.15) is 0 Å². The lowest BCUT2D eigenvalue weighted by Crippen LogP contribution is -2.60. The molecule has 2 aliphatic carbocycles. The summed E-state index contributed by atoms with van der Waals surface area (Å²) in [6.07, 6.45) is 6.81. The van der Waals surface area contributed by atoms with Crippen LogP contribution in [0.25, 0.3) is 0 Å². The highest BCUT2D eigenvalue weighted by Crippen LogP contribution is 2.55. The fraction of sp³-hybridized carbons (Fsp3) is 0.625. The third-order valence-corrected chi connectivity index (χ3v) is 6.18. The van der Waals surface area contributed by atoms with Gasteiger partial charge in [-0.15, -0.1) is 0 Å². The standard InChI is InChI=1S/C16H21BrClNO/c1-2-20-15-10-14(16(15)7-3-4-8-16)19-11-5-6-12(17)13(18)9-11/h5-6,9,14-15,19H,2-4,7-8,10H2,1H3. The van der Waals surface area contributed by atoms with E-state index in [0.29, 0.717) is 17.6 Å². The summed E-state index contributed by atoms with van der Waals surface area (Å²) in [5, 5.41) is 4.44. The van der Waals surface area contributed by atoms with Crippen molar-refractivity contribution in [1.82, 2.24) is 0 Å². The minimum Gasteiger partial charge on any atom is -0.382 e. The van der Waals surface area contributed by atoms with E-state index < -0.39 is 0 Å². The van der Waals surface area contributed by atoms with Gasteiger partial charge in [0.1, 0.15) is 0 Å². The van der Waals surface area contributed by atoms with Crippen LogP contribution in [-0.4, -0.2) is 18.8 Å². The lowest BCUT2D eigenvalue weighted by atomic mass is 9.60. The molecule has 1 N–H and O–H groups in total. The van der Waals surface area contributed by atoms with Gasteiger partial charge < -0.3 is 10.1 Å². The highest BCUT2D eigenvalue weighted by Gasteiger charge is 2.56. The first-order valence-corrected chi connectivity index (χ1v) is 8.66. The van der Waals surface area contributed by atoms with Crippen LogP contribution in [0.15, 0.2) is 22.7 Å². The van der Waals surface area contributed by atoms with Crippen LogP contribution in [0.5, 0.6) is 0 Å². The maximum atomic E-state index is 6.18. The highest BCUT2D eigenvalue weighted by molar-refractivity contribution is 9.10. The van der Waals surface area contributed by atoms with Gasteiger partial charge in [0.25, 0.3) is 0 Å². The van der Waals surface area contributed by atoms with E-state index >= 15 is 0 Å². The van der Waals surface area contributed by atoms with E-state index in [2.05, 4.69) is 34.2 Å². The summed E-state index contributed by atoms with van der Waals surface area (Å²) in [5.41, 5.74) is 1.47. The monoisotopic (exact) mass is 357 g/mol. The van der Waals surface area contributed by atoms with Crippen molar-refractivity contribution < 1.29 is 4.74 Å². The molecule has 2 unspecified atom stereocenters. The average molecular weight is 359 g/mol. The predicted octanol–water partition coefficient (Wildman–Crippen LogP) is 5.25. The smallest absolute Gasteiger partial charge is 0.0670 e. The quantitative estimate of drug-likeness (QED) is 0.793. The van der Waals surface area contributed by atoms with Crippen molar-refractivity contribution in [2.45, 2.75) is 51.2 Å². The zero-order valence-corrected chi connectivity index (χ0v) is 14.1. The van der Waals surface area contributed by atoms with Crippen LogP contribution >= 0.6 is 27.5 Å². The Hall–Kier alpha value is -0.250. The Morgan fingerprint density at radius 3 is 2.80 bits per heavy atom. The molecule has 2 saturated carbocycles. The van der Waals surface area contributed by atoms with Crippen molar-refractivity contribution in [2.75, 3.05) is 11.9 Å². The molecular weight excluding hydrogens is 338 g/mol. The molecule has 1 aromatic carbocycles. The van der Waals surface area contributed by atoms with Crippen LogP contribution in [-0.2, 0) is 4.74 Å². The van der Waals surface area contributed by atoms with Gasteiger partial charge >= 0.3 is 0 Å². The van der Waals surface area contributed by atoms with Gasteiger partial charge in [-0.05, 0) is 60.3 Å². The zero-order valence-electron chi connectivity index (χ0n) is 11.8. The van der Waals surface area contributed by atoms with Crippen LogP contribution in [0.1, 0.15) is 39.0 Å². The van der Waals surface area contributed by atoms with Gasteiger partial charge in [0.2, 0.25) is 0 Å². The molecule has 20 heavy (non-hydrogen) atoms. The number of anilines is 1. The SMILES string of the molecule is CCOC1CC(Nc2ccc(Br)c(Cl)c2)C12CCCC2. The molecule has 0 amide bonds. The Labute approximate surface area is 134 Å². The van der Waals surface area contributed by atoms with Gasteiger partial charge in [-0.1, -0.05) is 24.4 Å². The Balaban J connectivity index is 1.72. The topological polar surface area (TPSA) is 21.3 Å². The Morgan fingerprint density at radius 1 is 1.40 bits per heavy atom. The van der Waals surface area contributed by atoms with E-state index in [4.69, 9.17) is 16.3 Å². The molecule has 1 aromatic rings. The number of ether oxygens (including phenoxy) is 1. The summed E-state index contributed by atoms with van der Waals surface area (Å²) in [4.78, 5) is 0. The first-order chi connectivity index (χ1) is 9.65. The maximum Gasteiger partial charge on any atom is 0.0670 e. The van der Waals surface area contributed by atoms with Crippen molar-refractivity contribution in [2.24, 2.45) is 5.41 Å². The van der Waals surface area contributed by atoms with Crippen LogP contribution < -0.4 is 5.32 Å². The van der Waals surface area contributed by atoms with Gasteiger partial charge in [0.05, 0.1) is 11.1 Å². The molecule has 2 atom stereocenters. The molecule has 0 aromatic heterocycles. The number of hydrogen-bond donors (Lipinski definition) is 1. The molecule has 2 fully saturated rings. The lowest BCUT2D eigenvalue weighted by Gasteiger charge is -2.54. The third-order valence-electron chi connectivity index (χ3n) is 4.95. The summed E-state index contributed by atoms with van der Waals surface area (Å²) in [5.74, 6) is 0. The second-order valence-electron chi connectivity index (χ2n) is 5.95. The largest absolute Gasteiger partial charge is 0.382 e. The number of nitrogens with one attached hydrogen (secondary N) is 1. The first kappa shape index (κ1) is 14.7. The molecule has 1 spiro atoms. The van der Waals surface area contributed by atoms with Crippen LogP contribution in [0.2, 0.25) is 5.02 Å². The number of halogens is 2. The summed E-state index contributed by atoms with van der Waals surface area (Å²) in [6.45, 7) is 2.92. The summed E-state index contributed by atoms with van der Waals surface area (Å²) in [6, 6.07) is 6.62. The number of hydrogen-bond acceptors (Lipinski definition) is 2. The number of rotatable bonds is 4. The van der Waals surface area contributed by atoms with Gasteiger partial charge in [0, 0.05) is 28.2 Å². The van der Waals surface area contributed by atoms with E-state index in [1.54, 1.807) is 0 Å². The van der Waals surface area contributed by atoms with Crippen LogP contribution in [0, 0.1) is 5.41 Å². The van der Waals surface area contributed by atoms with E-state index in [1.165, 1.54) is 25.7 Å². The fourth-order valence-corrected chi connectivity index (χ4v) is 4.30. The summed E-state index contributed by atoms with van der Waals surface area (Å²) < 4.78 is 6.90. The molecule has 110 valence electrons. The van der Waals surface area contributed by atoms with Gasteiger partial charge in [0.15, 0.2) is 0 Å². The van der Waals surface area contributed by atoms with E-state index in [9.17, 15) is 0 Å². The lowest BCUT2D eigenvalue weighted by molar-refractivity contribution is -0.114. The van der Waals surface area contributed by atoms with Crippen molar-refractivity contribution in [1.29, 1.82) is 0 Å². The normalized spacial score (nSPS) is 27.6. The van der Waals surface area contributed by atoms with Crippen molar-refractivity contribution in [3.63, 3.8) is 0 Å². The summed E-state index contributed by atoms with van der Waals surface area (Å²) in [7, 11) is 0. The van der Waals surface area contributed by atoms with Crippen LogP contribution in [0.3, 0.4) is 0 Å². The predicted molar refractivity (Wildman–Crippen MR) is 87.5 cm³/mol. The molecular formula is C16H21BrClNO.